The fraction of sp³-hybridized carbons (Fsp3) is 0.455. The van der Waals surface area contributed by atoms with Gasteiger partial charge in [-0.1, -0.05) is 6.08 Å². The van der Waals surface area contributed by atoms with Crippen LogP contribution in [0, 0.1) is 0 Å². The van der Waals surface area contributed by atoms with Crippen LogP contribution in [0.25, 0.3) is 0 Å². The maximum absolute atomic E-state index is 11.2. The first-order chi connectivity index (χ1) is 7.83. The highest BCUT2D eigenvalue weighted by Gasteiger charge is 1.98. The quantitative estimate of drug-likeness (QED) is 0.487. The lowest BCUT2D eigenvalue weighted by Gasteiger charge is -2.05. The van der Waals surface area contributed by atoms with Crippen molar-refractivity contribution in [2.24, 2.45) is 0 Å². The Morgan fingerprint density at radius 3 is 3.12 bits per heavy atom. The van der Waals surface area contributed by atoms with Crippen LogP contribution in [0.2, 0.25) is 0 Å². The van der Waals surface area contributed by atoms with Crippen molar-refractivity contribution in [3.05, 3.63) is 31.1 Å². The molecule has 16 heavy (non-hydrogen) atoms. The predicted molar refractivity (Wildman–Crippen MR) is 62.9 cm³/mol. The van der Waals surface area contributed by atoms with Crippen LogP contribution in [-0.2, 0) is 11.3 Å². The van der Waals surface area contributed by atoms with Crippen molar-refractivity contribution >= 4 is 5.91 Å². The van der Waals surface area contributed by atoms with E-state index in [1.807, 2.05) is 16.9 Å². The second kappa shape index (κ2) is 7.64. The minimum atomic E-state index is 0.0160. The van der Waals surface area contributed by atoms with Crippen molar-refractivity contribution in [3.8, 4) is 0 Å². The third kappa shape index (κ3) is 5.31. The summed E-state index contributed by atoms with van der Waals surface area (Å²) in [4.78, 5) is 11.2. The molecule has 0 aromatic carbocycles. The van der Waals surface area contributed by atoms with Gasteiger partial charge in [-0.05, 0) is 12.5 Å². The Bertz CT molecular complexity index is 308. The molecule has 0 atom stereocenters. The van der Waals surface area contributed by atoms with Gasteiger partial charge >= 0.3 is 0 Å². The van der Waals surface area contributed by atoms with Gasteiger partial charge in [0, 0.05) is 32.0 Å². The Kier molecular flexibility index (Phi) is 5.95. The molecule has 1 aromatic rings. The van der Waals surface area contributed by atoms with Crippen LogP contribution in [-0.4, -0.2) is 35.3 Å². The lowest BCUT2D eigenvalue weighted by Crippen LogP contribution is -2.34. The van der Waals surface area contributed by atoms with Crippen LogP contribution < -0.4 is 10.6 Å². The summed E-state index contributed by atoms with van der Waals surface area (Å²) >= 11 is 0. The summed E-state index contributed by atoms with van der Waals surface area (Å²) < 4.78 is 1.85. The van der Waals surface area contributed by atoms with Crippen LogP contribution in [0.4, 0.5) is 0 Å². The molecule has 0 radical (unpaired) electrons. The predicted octanol–water partition coefficient (Wildman–Crippen LogP) is 0.165. The van der Waals surface area contributed by atoms with Crippen molar-refractivity contribution in [3.63, 3.8) is 0 Å². The molecular formula is C11H18N4O. The van der Waals surface area contributed by atoms with E-state index in [1.54, 1.807) is 12.3 Å². The van der Waals surface area contributed by atoms with Gasteiger partial charge in [-0.2, -0.15) is 5.10 Å². The summed E-state index contributed by atoms with van der Waals surface area (Å²) in [6, 6.07) is 1.89. The third-order valence-electron chi connectivity index (χ3n) is 2.02. The van der Waals surface area contributed by atoms with E-state index in [9.17, 15) is 4.79 Å². The summed E-state index contributed by atoms with van der Waals surface area (Å²) in [5, 5.41) is 9.84. The number of rotatable bonds is 8. The van der Waals surface area contributed by atoms with E-state index in [1.165, 1.54) is 0 Å². The topological polar surface area (TPSA) is 59.0 Å². The van der Waals surface area contributed by atoms with Crippen molar-refractivity contribution in [2.45, 2.75) is 13.0 Å². The Balaban J connectivity index is 1.98. The van der Waals surface area contributed by atoms with Crippen LogP contribution in [0.3, 0.4) is 0 Å². The molecule has 0 aliphatic carbocycles. The number of aromatic nitrogens is 2. The molecule has 0 unspecified atom stereocenters. The number of carbonyl (C=O) groups is 1. The number of hydrogen-bond acceptors (Lipinski definition) is 3. The van der Waals surface area contributed by atoms with Gasteiger partial charge in [-0.25, -0.2) is 0 Å². The molecule has 5 heteroatoms. The van der Waals surface area contributed by atoms with Crippen molar-refractivity contribution in [1.82, 2.24) is 20.4 Å². The first-order valence-electron chi connectivity index (χ1n) is 5.38. The Labute approximate surface area is 95.5 Å². The Hall–Kier alpha value is -1.62. The van der Waals surface area contributed by atoms with Gasteiger partial charge < -0.3 is 10.6 Å². The Morgan fingerprint density at radius 2 is 2.44 bits per heavy atom. The molecular weight excluding hydrogens is 204 g/mol. The summed E-state index contributed by atoms with van der Waals surface area (Å²) in [5.74, 6) is 0.0160. The van der Waals surface area contributed by atoms with Gasteiger partial charge in [0.15, 0.2) is 0 Å². The monoisotopic (exact) mass is 222 g/mol. The lowest BCUT2D eigenvalue weighted by atomic mass is 10.4. The highest BCUT2D eigenvalue weighted by Crippen LogP contribution is 1.87. The minimum Gasteiger partial charge on any atom is -0.355 e. The molecule has 0 aliphatic heterocycles. The minimum absolute atomic E-state index is 0.0160. The molecule has 0 bridgehead atoms. The third-order valence-corrected chi connectivity index (χ3v) is 2.02. The maximum Gasteiger partial charge on any atom is 0.233 e. The van der Waals surface area contributed by atoms with Gasteiger partial charge in [-0.15, -0.1) is 6.58 Å². The van der Waals surface area contributed by atoms with Gasteiger partial charge in [0.25, 0.3) is 0 Å². The van der Waals surface area contributed by atoms with Crippen molar-refractivity contribution < 1.29 is 4.79 Å². The van der Waals surface area contributed by atoms with Gasteiger partial charge in [-0.3, -0.25) is 9.48 Å². The molecule has 1 amide bonds. The van der Waals surface area contributed by atoms with E-state index >= 15 is 0 Å². The van der Waals surface area contributed by atoms with Crippen LogP contribution in [0.1, 0.15) is 6.42 Å². The second-order valence-corrected chi connectivity index (χ2v) is 3.39. The largest absolute Gasteiger partial charge is 0.355 e. The molecule has 0 spiro atoms. The lowest BCUT2D eigenvalue weighted by molar-refractivity contribution is -0.120. The SMILES string of the molecule is C=CCNCC(=O)NCCCn1cccn1. The van der Waals surface area contributed by atoms with Gasteiger partial charge in [0.05, 0.1) is 6.54 Å². The average Bonchev–Trinajstić information content (AvgIpc) is 2.78. The van der Waals surface area contributed by atoms with E-state index < -0.39 is 0 Å². The second-order valence-electron chi connectivity index (χ2n) is 3.39. The number of hydrogen-bond donors (Lipinski definition) is 2. The molecule has 1 aromatic heterocycles. The summed E-state index contributed by atoms with van der Waals surface area (Å²) in [6.07, 6.45) is 6.27. The molecule has 2 N–H and O–H groups in total. The summed E-state index contributed by atoms with van der Waals surface area (Å²) in [7, 11) is 0. The highest BCUT2D eigenvalue weighted by atomic mass is 16.1. The van der Waals surface area contributed by atoms with E-state index in [2.05, 4.69) is 22.3 Å². The van der Waals surface area contributed by atoms with Crippen LogP contribution in [0.15, 0.2) is 31.1 Å². The van der Waals surface area contributed by atoms with Crippen LogP contribution in [0.5, 0.6) is 0 Å². The van der Waals surface area contributed by atoms with Gasteiger partial charge in [0.2, 0.25) is 5.91 Å². The number of aryl methyl sites for hydroxylation is 1. The zero-order valence-electron chi connectivity index (χ0n) is 9.35. The molecule has 88 valence electrons. The normalized spacial score (nSPS) is 10.0. The molecule has 0 saturated carbocycles. The first kappa shape index (κ1) is 12.4. The summed E-state index contributed by atoms with van der Waals surface area (Å²) in [6.45, 7) is 6.05. The number of nitrogens with one attached hydrogen (secondary N) is 2. The fourth-order valence-electron chi connectivity index (χ4n) is 1.25. The maximum atomic E-state index is 11.2. The van der Waals surface area contributed by atoms with E-state index in [0.717, 1.165) is 13.0 Å². The number of nitrogens with zero attached hydrogens (tertiary/aromatic N) is 2. The number of carbonyl (C=O) groups excluding carboxylic acids is 1. The van der Waals surface area contributed by atoms with E-state index in [0.29, 0.717) is 19.6 Å². The molecule has 0 saturated heterocycles. The van der Waals surface area contributed by atoms with Gasteiger partial charge in [0.1, 0.15) is 0 Å². The molecule has 0 fully saturated rings. The number of amides is 1. The summed E-state index contributed by atoms with van der Waals surface area (Å²) in [5.41, 5.74) is 0. The molecule has 5 nitrogen and oxygen atoms in total. The van der Waals surface area contributed by atoms with Crippen molar-refractivity contribution in [1.29, 1.82) is 0 Å². The fourth-order valence-corrected chi connectivity index (χ4v) is 1.25. The van der Waals surface area contributed by atoms with Crippen LogP contribution >= 0.6 is 0 Å². The zero-order valence-corrected chi connectivity index (χ0v) is 9.35. The van der Waals surface area contributed by atoms with E-state index in [-0.39, 0.29) is 5.91 Å². The Morgan fingerprint density at radius 1 is 1.56 bits per heavy atom. The van der Waals surface area contributed by atoms with E-state index in [4.69, 9.17) is 0 Å². The first-order valence-corrected chi connectivity index (χ1v) is 5.38. The standard InChI is InChI=1S/C11H18N4O/c1-2-5-12-10-11(16)13-6-3-8-15-9-4-7-14-15/h2,4,7,9,12H,1,3,5-6,8,10H2,(H,13,16). The molecule has 0 aliphatic rings. The highest BCUT2D eigenvalue weighted by molar-refractivity contribution is 5.77. The molecule has 1 rings (SSSR count). The smallest absolute Gasteiger partial charge is 0.233 e. The zero-order chi connectivity index (χ0) is 11.6. The average molecular weight is 222 g/mol. The molecule has 1 heterocycles. The van der Waals surface area contributed by atoms with Crippen molar-refractivity contribution in [2.75, 3.05) is 19.6 Å².